The van der Waals surface area contributed by atoms with E-state index in [1.165, 1.54) is 0 Å². The number of pyridine rings is 1. The van der Waals surface area contributed by atoms with Gasteiger partial charge in [-0.05, 0) is 37.8 Å². The Morgan fingerprint density at radius 2 is 2.11 bits per heavy atom. The molecule has 1 aromatic rings. The summed E-state index contributed by atoms with van der Waals surface area (Å²) in [7, 11) is 0. The summed E-state index contributed by atoms with van der Waals surface area (Å²) in [4.78, 5) is 26.9. The molecule has 1 amide bonds. The number of aliphatic carboxylic acids is 1. The van der Waals surface area contributed by atoms with Crippen molar-refractivity contribution in [2.75, 3.05) is 0 Å². The Morgan fingerprint density at radius 1 is 1.37 bits per heavy atom. The maximum Gasteiger partial charge on any atom is 0.306 e. The van der Waals surface area contributed by atoms with Crippen LogP contribution in [-0.2, 0) is 16.1 Å². The van der Waals surface area contributed by atoms with Crippen LogP contribution in [0.1, 0.15) is 30.5 Å². The van der Waals surface area contributed by atoms with Crippen LogP contribution in [0.4, 0.5) is 0 Å². The highest BCUT2D eigenvalue weighted by Crippen LogP contribution is 2.31. The molecule has 102 valence electrons. The van der Waals surface area contributed by atoms with E-state index in [0.29, 0.717) is 25.8 Å². The summed E-state index contributed by atoms with van der Waals surface area (Å²) in [6.45, 7) is 2.35. The molecule has 2 N–H and O–H groups in total. The second-order valence-electron chi connectivity index (χ2n) is 5.07. The highest BCUT2D eigenvalue weighted by Gasteiger charge is 2.33. The molecule has 0 bridgehead atoms. The van der Waals surface area contributed by atoms with Gasteiger partial charge in [0, 0.05) is 24.4 Å². The summed E-state index contributed by atoms with van der Waals surface area (Å²) in [6.07, 6.45) is 3.45. The molecule has 19 heavy (non-hydrogen) atoms. The molecule has 1 aliphatic carbocycles. The van der Waals surface area contributed by atoms with Crippen LogP contribution in [0.25, 0.3) is 0 Å². The van der Waals surface area contributed by atoms with E-state index in [-0.39, 0.29) is 17.7 Å². The fraction of sp³-hybridized carbons (Fsp3) is 0.500. The largest absolute Gasteiger partial charge is 0.481 e. The van der Waals surface area contributed by atoms with Crippen molar-refractivity contribution < 1.29 is 14.7 Å². The summed E-state index contributed by atoms with van der Waals surface area (Å²) < 4.78 is 0. The first-order valence-corrected chi connectivity index (χ1v) is 6.48. The number of amides is 1. The number of aromatic nitrogens is 1. The Kier molecular flexibility index (Phi) is 4.14. The third kappa shape index (κ3) is 3.53. The monoisotopic (exact) mass is 262 g/mol. The Bertz CT molecular complexity index is 470. The fourth-order valence-corrected chi connectivity index (χ4v) is 2.38. The Balaban J connectivity index is 1.82. The van der Waals surface area contributed by atoms with E-state index < -0.39 is 5.97 Å². The average Bonchev–Trinajstić information content (AvgIpc) is 2.87. The molecular weight excluding hydrogens is 244 g/mol. The lowest BCUT2D eigenvalue weighted by molar-refractivity contribution is -0.141. The Morgan fingerprint density at radius 3 is 2.68 bits per heavy atom. The van der Waals surface area contributed by atoms with Crippen molar-refractivity contribution in [3.05, 3.63) is 29.6 Å². The lowest BCUT2D eigenvalue weighted by Crippen LogP contribution is -2.29. The van der Waals surface area contributed by atoms with Gasteiger partial charge in [-0.2, -0.15) is 0 Å². The summed E-state index contributed by atoms with van der Waals surface area (Å²) in [5.74, 6) is -1.38. The summed E-state index contributed by atoms with van der Waals surface area (Å²) in [5, 5.41) is 11.8. The van der Waals surface area contributed by atoms with Gasteiger partial charge in [-0.1, -0.05) is 6.07 Å². The molecule has 1 aromatic heterocycles. The van der Waals surface area contributed by atoms with Crippen LogP contribution in [0.3, 0.4) is 0 Å². The molecule has 5 nitrogen and oxygen atoms in total. The average molecular weight is 262 g/mol. The quantitative estimate of drug-likeness (QED) is 0.862. The van der Waals surface area contributed by atoms with Crippen molar-refractivity contribution in [2.45, 2.75) is 32.7 Å². The smallest absolute Gasteiger partial charge is 0.306 e. The van der Waals surface area contributed by atoms with E-state index in [0.717, 1.165) is 11.3 Å². The van der Waals surface area contributed by atoms with E-state index in [4.69, 9.17) is 5.11 Å². The molecular formula is C14H18N2O3. The number of carbonyl (C=O) groups is 2. The summed E-state index contributed by atoms with van der Waals surface area (Å²) >= 11 is 0. The van der Waals surface area contributed by atoms with Gasteiger partial charge in [-0.25, -0.2) is 0 Å². The zero-order valence-electron chi connectivity index (χ0n) is 10.9. The number of carbonyl (C=O) groups excluding carboxylic acids is 1. The van der Waals surface area contributed by atoms with Crippen molar-refractivity contribution in [3.63, 3.8) is 0 Å². The number of nitrogens with one attached hydrogen (secondary N) is 1. The molecule has 2 rings (SSSR count). The molecule has 0 spiro atoms. The molecule has 1 aliphatic rings. The molecule has 1 fully saturated rings. The molecule has 1 heterocycles. The summed E-state index contributed by atoms with van der Waals surface area (Å²) in [6, 6.07) is 3.83. The van der Waals surface area contributed by atoms with Crippen LogP contribution in [-0.4, -0.2) is 22.0 Å². The first-order valence-electron chi connectivity index (χ1n) is 6.48. The predicted molar refractivity (Wildman–Crippen MR) is 69.3 cm³/mol. The number of hydrogen-bond donors (Lipinski definition) is 2. The second kappa shape index (κ2) is 5.82. The number of hydrogen-bond acceptors (Lipinski definition) is 3. The van der Waals surface area contributed by atoms with Gasteiger partial charge in [0.1, 0.15) is 0 Å². The van der Waals surface area contributed by atoms with Crippen LogP contribution in [0, 0.1) is 18.8 Å². The third-order valence-corrected chi connectivity index (χ3v) is 3.59. The van der Waals surface area contributed by atoms with Crippen LogP contribution < -0.4 is 5.32 Å². The number of carboxylic acids is 1. The lowest BCUT2D eigenvalue weighted by Gasteiger charge is -2.10. The van der Waals surface area contributed by atoms with Crippen molar-refractivity contribution in [1.82, 2.24) is 10.3 Å². The molecule has 2 atom stereocenters. The van der Waals surface area contributed by atoms with Gasteiger partial charge in [0.25, 0.3) is 0 Å². The highest BCUT2D eigenvalue weighted by atomic mass is 16.4. The minimum atomic E-state index is -0.793. The van der Waals surface area contributed by atoms with Gasteiger partial charge in [-0.15, -0.1) is 0 Å². The standard InChI is InChI=1S/C14H18N2O3/c1-9-2-3-10(7-15-9)8-16-13(17)11-4-5-12(6-11)14(18)19/h2-3,7,11-12H,4-6,8H2,1H3,(H,16,17)(H,18,19). The van der Waals surface area contributed by atoms with E-state index in [1.54, 1.807) is 6.20 Å². The van der Waals surface area contributed by atoms with Crippen LogP contribution >= 0.6 is 0 Å². The van der Waals surface area contributed by atoms with Gasteiger partial charge >= 0.3 is 5.97 Å². The van der Waals surface area contributed by atoms with Gasteiger partial charge in [0.15, 0.2) is 0 Å². The number of rotatable bonds is 4. The second-order valence-corrected chi connectivity index (χ2v) is 5.07. The minimum Gasteiger partial charge on any atom is -0.481 e. The highest BCUT2D eigenvalue weighted by molar-refractivity contribution is 5.80. The maximum atomic E-state index is 11.9. The zero-order valence-corrected chi connectivity index (χ0v) is 10.9. The fourth-order valence-electron chi connectivity index (χ4n) is 2.38. The molecule has 2 unspecified atom stereocenters. The van der Waals surface area contributed by atoms with E-state index in [9.17, 15) is 9.59 Å². The van der Waals surface area contributed by atoms with Gasteiger partial charge < -0.3 is 10.4 Å². The molecule has 5 heteroatoms. The zero-order chi connectivity index (χ0) is 13.8. The maximum absolute atomic E-state index is 11.9. The van der Waals surface area contributed by atoms with Crippen molar-refractivity contribution in [2.24, 2.45) is 11.8 Å². The Hall–Kier alpha value is -1.91. The first-order chi connectivity index (χ1) is 9.06. The third-order valence-electron chi connectivity index (χ3n) is 3.59. The summed E-state index contributed by atoms with van der Waals surface area (Å²) in [5.41, 5.74) is 1.89. The topological polar surface area (TPSA) is 79.3 Å². The van der Waals surface area contributed by atoms with Gasteiger partial charge in [0.05, 0.1) is 5.92 Å². The normalized spacial score (nSPS) is 22.2. The van der Waals surface area contributed by atoms with Gasteiger partial charge in [-0.3, -0.25) is 14.6 Å². The molecule has 0 aliphatic heterocycles. The van der Waals surface area contributed by atoms with Crippen molar-refractivity contribution >= 4 is 11.9 Å². The number of aryl methyl sites for hydroxylation is 1. The number of nitrogens with zero attached hydrogens (tertiary/aromatic N) is 1. The number of carboxylic acid groups (broad SMARTS) is 1. The van der Waals surface area contributed by atoms with Crippen LogP contribution in [0.5, 0.6) is 0 Å². The van der Waals surface area contributed by atoms with Crippen LogP contribution in [0.2, 0.25) is 0 Å². The molecule has 0 saturated heterocycles. The lowest BCUT2D eigenvalue weighted by atomic mass is 10.0. The minimum absolute atomic E-state index is 0.0516. The SMILES string of the molecule is Cc1ccc(CNC(=O)C2CCC(C(=O)O)C2)cn1. The van der Waals surface area contributed by atoms with E-state index in [2.05, 4.69) is 10.3 Å². The van der Waals surface area contributed by atoms with E-state index in [1.807, 2.05) is 19.1 Å². The van der Waals surface area contributed by atoms with Crippen molar-refractivity contribution in [3.8, 4) is 0 Å². The Labute approximate surface area is 112 Å². The molecule has 1 saturated carbocycles. The van der Waals surface area contributed by atoms with E-state index >= 15 is 0 Å². The predicted octanol–water partition coefficient (Wildman–Crippen LogP) is 1.51. The molecule has 0 radical (unpaired) electrons. The first kappa shape index (κ1) is 13.5. The van der Waals surface area contributed by atoms with Crippen molar-refractivity contribution in [1.29, 1.82) is 0 Å². The molecule has 0 aromatic carbocycles. The van der Waals surface area contributed by atoms with Crippen LogP contribution in [0.15, 0.2) is 18.3 Å². The van der Waals surface area contributed by atoms with Gasteiger partial charge in [0.2, 0.25) is 5.91 Å².